The van der Waals surface area contributed by atoms with Crippen LogP contribution in [0.15, 0.2) is 23.1 Å². The molecule has 3 atom stereocenters. The van der Waals surface area contributed by atoms with Gasteiger partial charge in [-0.25, -0.2) is 13.2 Å². The topological polar surface area (TPSA) is 118 Å². The van der Waals surface area contributed by atoms with E-state index >= 15 is 0 Å². The molecule has 3 aliphatic rings. The van der Waals surface area contributed by atoms with E-state index in [0.29, 0.717) is 12.1 Å². The summed E-state index contributed by atoms with van der Waals surface area (Å²) in [5, 5.41) is 2.25. The number of aromatic nitrogens is 1. The van der Waals surface area contributed by atoms with Gasteiger partial charge in [0.25, 0.3) is 17.6 Å². The van der Waals surface area contributed by atoms with E-state index in [0.717, 1.165) is 19.3 Å². The Hall–Kier alpha value is -3.38. The van der Waals surface area contributed by atoms with Gasteiger partial charge in [0.15, 0.2) is 11.9 Å². The lowest BCUT2D eigenvalue weighted by molar-refractivity contribution is -0.635. The number of fused-ring (bicyclic) bond motifs is 5. The Morgan fingerprint density at radius 3 is 2.64 bits per heavy atom. The number of rotatable bonds is 4. The Bertz CT molecular complexity index is 1210. The van der Waals surface area contributed by atoms with Gasteiger partial charge in [0.2, 0.25) is 5.43 Å². The molecule has 1 aliphatic carbocycles. The number of hydrogen-bond donors (Lipinski definition) is 2. The number of quaternary nitrogens is 1. The Morgan fingerprint density at radius 2 is 1.94 bits per heavy atom. The summed E-state index contributed by atoms with van der Waals surface area (Å²) in [6.45, 7) is -0.452. The zero-order valence-corrected chi connectivity index (χ0v) is 17.3. The average Bonchev–Trinajstić information content (AvgIpc) is 3.13. The zero-order valence-electron chi connectivity index (χ0n) is 17.3. The number of benzene rings is 1. The maximum absolute atomic E-state index is 13.9. The molecule has 0 spiro atoms. The van der Waals surface area contributed by atoms with Crippen molar-refractivity contribution in [3.8, 4) is 5.75 Å². The normalized spacial score (nSPS) is 23.2. The molecule has 1 aromatic carbocycles. The summed E-state index contributed by atoms with van der Waals surface area (Å²) in [6.07, 6.45) is 3.06. The first-order chi connectivity index (χ1) is 15.8. The van der Waals surface area contributed by atoms with Crippen LogP contribution in [-0.4, -0.2) is 39.7 Å². The van der Waals surface area contributed by atoms with Gasteiger partial charge in [-0.3, -0.25) is 14.4 Å². The third kappa shape index (κ3) is 3.45. The van der Waals surface area contributed by atoms with Crippen molar-refractivity contribution < 1.29 is 38.2 Å². The largest absolute Gasteiger partial charge is 0.353 e. The molecule has 5 rings (SSSR count). The molecule has 1 aromatic heterocycles. The second kappa shape index (κ2) is 7.89. The second-order valence-electron chi connectivity index (χ2n) is 8.27. The molecule has 0 radical (unpaired) electrons. The molecule has 2 amide bonds. The molecule has 3 unspecified atom stereocenters. The van der Waals surface area contributed by atoms with Crippen LogP contribution in [0.1, 0.15) is 45.7 Å². The first-order valence-electron chi connectivity index (χ1n) is 10.4. The van der Waals surface area contributed by atoms with Gasteiger partial charge in [0.05, 0.1) is 12.6 Å². The number of ether oxygens (including phenoxy) is 1. The number of nitrogens with zero attached hydrogens (tertiary/aromatic N) is 2. The summed E-state index contributed by atoms with van der Waals surface area (Å²) in [5.41, 5.74) is -1.89. The molecular formula is C21H20F3N4O5+. The van der Waals surface area contributed by atoms with Crippen molar-refractivity contribution >= 4 is 11.8 Å². The fourth-order valence-corrected chi connectivity index (χ4v) is 4.84. The molecule has 33 heavy (non-hydrogen) atoms. The molecule has 4 N–H and O–H groups in total. The first-order valence-corrected chi connectivity index (χ1v) is 10.4. The summed E-state index contributed by atoms with van der Waals surface area (Å²) >= 11 is 0. The minimum Gasteiger partial charge on any atom is -0.353 e. The summed E-state index contributed by atoms with van der Waals surface area (Å²) in [4.78, 5) is 45.4. The zero-order chi connectivity index (χ0) is 23.4. The Kier molecular flexibility index (Phi) is 5.13. The predicted octanol–water partition coefficient (Wildman–Crippen LogP) is 0.464. The lowest BCUT2D eigenvalue weighted by atomic mass is 10.1. The van der Waals surface area contributed by atoms with E-state index in [1.165, 1.54) is 10.8 Å². The summed E-state index contributed by atoms with van der Waals surface area (Å²) in [6, 6.07) is 0.981. The van der Waals surface area contributed by atoms with Crippen molar-refractivity contribution in [2.45, 2.75) is 50.7 Å². The Morgan fingerprint density at radius 1 is 1.21 bits per heavy atom. The number of carbonyl (C=O) groups is 2. The summed E-state index contributed by atoms with van der Waals surface area (Å²) in [5.74, 6) is -1.98. The van der Waals surface area contributed by atoms with Crippen molar-refractivity contribution in [2.75, 3.05) is 0 Å². The molecule has 2 fully saturated rings. The smallest absolute Gasteiger partial charge is 0.277 e. The van der Waals surface area contributed by atoms with Gasteiger partial charge in [-0.05, 0) is 19.3 Å². The van der Waals surface area contributed by atoms with Gasteiger partial charge < -0.3 is 24.4 Å². The first kappa shape index (κ1) is 21.5. The van der Waals surface area contributed by atoms with Crippen molar-refractivity contribution in [1.82, 2.24) is 14.8 Å². The fraction of sp³-hybridized carbons (Fsp3) is 0.381. The number of hydrogen-bond acceptors (Lipinski definition) is 5. The van der Waals surface area contributed by atoms with Gasteiger partial charge in [0.1, 0.15) is 23.0 Å². The molecule has 12 heteroatoms. The van der Waals surface area contributed by atoms with E-state index < -0.39 is 64.3 Å². The van der Waals surface area contributed by atoms with Gasteiger partial charge in [-0.1, -0.05) is 0 Å². The van der Waals surface area contributed by atoms with Crippen molar-refractivity contribution in [1.29, 1.82) is 0 Å². The fourth-order valence-electron chi connectivity index (χ4n) is 4.84. The van der Waals surface area contributed by atoms with E-state index in [4.69, 9.17) is 9.57 Å². The minimum atomic E-state index is -1.17. The highest BCUT2D eigenvalue weighted by Gasteiger charge is 2.48. The lowest BCUT2D eigenvalue weighted by Crippen LogP contribution is -2.59. The van der Waals surface area contributed by atoms with Gasteiger partial charge in [0, 0.05) is 36.5 Å². The quantitative estimate of drug-likeness (QED) is 0.637. The van der Waals surface area contributed by atoms with Crippen LogP contribution in [0, 0.1) is 17.5 Å². The van der Waals surface area contributed by atoms with Crippen LogP contribution in [0.2, 0.25) is 0 Å². The molecule has 3 heterocycles. The number of amides is 2. The van der Waals surface area contributed by atoms with Crippen molar-refractivity contribution in [3.05, 3.63) is 62.8 Å². The third-order valence-corrected chi connectivity index (χ3v) is 6.36. The van der Waals surface area contributed by atoms with Crippen molar-refractivity contribution in [2.24, 2.45) is 0 Å². The number of carbonyl (C=O) groups excluding carboxylic acids is 2. The SMILES string of the molecule is [NH3+]Oc1c2n(cc(C(=O)NCc3c(F)cc(F)cc3F)c1=O)CC1OC3CCC(C3)N1C2=O. The van der Waals surface area contributed by atoms with Crippen LogP contribution in [0.25, 0.3) is 0 Å². The highest BCUT2D eigenvalue weighted by Crippen LogP contribution is 2.38. The number of halogens is 3. The molecule has 9 nitrogen and oxygen atoms in total. The third-order valence-electron chi connectivity index (χ3n) is 6.36. The number of pyridine rings is 1. The van der Waals surface area contributed by atoms with E-state index in [2.05, 4.69) is 11.2 Å². The highest BCUT2D eigenvalue weighted by atomic mass is 19.1. The standard InChI is InChI=1S/C21H19F3N4O5/c22-9-3-14(23)12(15(24)4-9)6-26-20(30)13-7-27-8-16-28(10-1-2-11(5-10)32-16)21(31)17(27)19(33-25)18(13)29/h3-4,7,10-11,16H,1-2,5-6,8H2,25H3/p+1. The Balaban J connectivity index is 1.47. The maximum atomic E-state index is 13.9. The molecule has 1 saturated heterocycles. The van der Waals surface area contributed by atoms with Gasteiger partial charge >= 0.3 is 0 Å². The maximum Gasteiger partial charge on any atom is 0.277 e. The van der Waals surface area contributed by atoms with E-state index in [1.54, 1.807) is 4.90 Å². The molecule has 2 aliphatic heterocycles. The van der Waals surface area contributed by atoms with E-state index in [1.807, 2.05) is 0 Å². The molecule has 2 bridgehead atoms. The van der Waals surface area contributed by atoms with Crippen LogP contribution >= 0.6 is 0 Å². The molecular weight excluding hydrogens is 445 g/mol. The van der Waals surface area contributed by atoms with Gasteiger partial charge in [-0.2, -0.15) is 5.90 Å². The average molecular weight is 465 g/mol. The molecule has 1 saturated carbocycles. The van der Waals surface area contributed by atoms with E-state index in [-0.39, 0.29) is 24.4 Å². The second-order valence-corrected chi connectivity index (χ2v) is 8.27. The number of nitrogens with one attached hydrogen (secondary N) is 1. The van der Waals surface area contributed by atoms with Crippen LogP contribution in [0.3, 0.4) is 0 Å². The van der Waals surface area contributed by atoms with Crippen LogP contribution in [0.5, 0.6) is 5.75 Å². The lowest BCUT2D eigenvalue weighted by Gasteiger charge is -2.44. The van der Waals surface area contributed by atoms with Gasteiger partial charge in [-0.15, -0.1) is 0 Å². The molecule has 174 valence electrons. The van der Waals surface area contributed by atoms with E-state index in [9.17, 15) is 27.6 Å². The predicted molar refractivity (Wildman–Crippen MR) is 104 cm³/mol. The summed E-state index contributed by atoms with van der Waals surface area (Å²) < 4.78 is 48.2. The Labute approximate surface area is 184 Å². The van der Waals surface area contributed by atoms with Crippen LogP contribution < -0.4 is 21.5 Å². The monoisotopic (exact) mass is 465 g/mol. The van der Waals surface area contributed by atoms with Crippen LogP contribution in [-0.2, 0) is 17.8 Å². The van der Waals surface area contributed by atoms with Crippen molar-refractivity contribution in [3.63, 3.8) is 0 Å². The van der Waals surface area contributed by atoms with Crippen LogP contribution in [0.4, 0.5) is 13.2 Å². The molecule has 2 aromatic rings. The summed E-state index contributed by atoms with van der Waals surface area (Å²) in [7, 11) is 0. The minimum absolute atomic E-state index is 0.00578. The highest BCUT2D eigenvalue weighted by molar-refractivity contribution is 5.99.